The number of fused-ring (bicyclic) bond motifs is 5. The van der Waals surface area contributed by atoms with Crippen LogP contribution in [0.1, 0.15) is 21.5 Å². The average Bonchev–Trinajstić information content (AvgIpc) is 3.50. The Morgan fingerprint density at radius 3 is 1.56 bits per heavy atom. The summed E-state index contributed by atoms with van der Waals surface area (Å²) in [4.78, 5) is 39.6. The first-order chi connectivity index (χ1) is 16.6. The summed E-state index contributed by atoms with van der Waals surface area (Å²) in [5.41, 5.74) is 4.91. The van der Waals surface area contributed by atoms with Gasteiger partial charge >= 0.3 is 5.97 Å². The number of nitrogens with zero attached hydrogens (tertiary/aromatic N) is 1. The van der Waals surface area contributed by atoms with Crippen LogP contribution in [0.4, 0.5) is 5.69 Å². The molecule has 0 spiro atoms. The summed E-state index contributed by atoms with van der Waals surface area (Å²) in [5.74, 6) is -2.66. The number of anilines is 1. The standard InChI is InChI=1S/C29H21NO4/c31-27-25-21-15-16-22(26(25)28(32)30(27)20-13-11-19(12-14-20)29(33)34)24(21)23(17-7-3-1-4-8-17)18-9-5-2-6-10-18/h1-16,21-22,25-26H,(H,33,34)/t21-,22-,25+,26+/m0/s1. The van der Waals surface area contributed by atoms with E-state index in [9.17, 15) is 14.4 Å². The fraction of sp³-hybridized carbons (Fsp3) is 0.138. The highest BCUT2D eigenvalue weighted by Gasteiger charge is 2.62. The van der Waals surface area contributed by atoms with E-state index in [4.69, 9.17) is 5.11 Å². The van der Waals surface area contributed by atoms with E-state index in [1.165, 1.54) is 29.2 Å². The van der Waals surface area contributed by atoms with Crippen molar-refractivity contribution in [3.8, 4) is 0 Å². The van der Waals surface area contributed by atoms with Crippen molar-refractivity contribution in [1.29, 1.82) is 0 Å². The Morgan fingerprint density at radius 1 is 0.647 bits per heavy atom. The third-order valence-electron chi connectivity index (χ3n) is 7.20. The maximum absolute atomic E-state index is 13.6. The summed E-state index contributed by atoms with van der Waals surface area (Å²) >= 11 is 0. The number of hydrogen-bond donors (Lipinski definition) is 1. The van der Waals surface area contributed by atoms with Crippen molar-refractivity contribution in [2.75, 3.05) is 4.90 Å². The Balaban J connectivity index is 1.44. The number of carboxylic acids is 1. The molecule has 2 bridgehead atoms. The zero-order valence-corrected chi connectivity index (χ0v) is 18.2. The molecule has 3 aliphatic rings. The second kappa shape index (κ2) is 7.66. The van der Waals surface area contributed by atoms with Gasteiger partial charge in [0.2, 0.25) is 11.8 Å². The largest absolute Gasteiger partial charge is 0.478 e. The second-order valence-corrected chi connectivity index (χ2v) is 8.91. The monoisotopic (exact) mass is 447 g/mol. The van der Waals surface area contributed by atoms with Crippen LogP contribution in [-0.2, 0) is 9.59 Å². The van der Waals surface area contributed by atoms with E-state index in [0.29, 0.717) is 5.69 Å². The Kier molecular flexibility index (Phi) is 4.59. The highest BCUT2D eigenvalue weighted by molar-refractivity contribution is 6.23. The van der Waals surface area contributed by atoms with Gasteiger partial charge in [-0.1, -0.05) is 72.8 Å². The molecule has 6 rings (SSSR count). The van der Waals surface area contributed by atoms with Crippen molar-refractivity contribution in [3.05, 3.63) is 119 Å². The Bertz CT molecular complexity index is 1300. The number of benzene rings is 3. The normalized spacial score (nSPS) is 24.6. The lowest BCUT2D eigenvalue weighted by Gasteiger charge is -2.21. The van der Waals surface area contributed by atoms with Gasteiger partial charge in [-0.3, -0.25) is 9.59 Å². The third kappa shape index (κ3) is 2.90. The molecule has 1 saturated heterocycles. The molecule has 4 atom stereocenters. The number of carboxylic acid groups (broad SMARTS) is 1. The molecule has 1 aliphatic heterocycles. The van der Waals surface area contributed by atoms with Gasteiger partial charge in [-0.15, -0.1) is 0 Å². The Morgan fingerprint density at radius 2 is 1.12 bits per heavy atom. The average molecular weight is 447 g/mol. The first kappa shape index (κ1) is 20.4. The summed E-state index contributed by atoms with van der Waals surface area (Å²) < 4.78 is 0. The minimum absolute atomic E-state index is 0.116. The number of allylic oxidation sites excluding steroid dienone is 3. The maximum atomic E-state index is 13.6. The topological polar surface area (TPSA) is 74.7 Å². The van der Waals surface area contributed by atoms with Gasteiger partial charge in [-0.25, -0.2) is 9.69 Å². The molecule has 1 saturated carbocycles. The maximum Gasteiger partial charge on any atom is 0.335 e. The number of hydrogen-bond acceptors (Lipinski definition) is 3. The van der Waals surface area contributed by atoms with E-state index in [2.05, 4.69) is 36.4 Å². The number of rotatable bonds is 4. The molecule has 3 aromatic carbocycles. The Labute approximate surface area is 196 Å². The smallest absolute Gasteiger partial charge is 0.335 e. The summed E-state index contributed by atoms with van der Waals surface area (Å²) in [6.45, 7) is 0. The van der Waals surface area contributed by atoms with E-state index in [1.54, 1.807) is 0 Å². The minimum Gasteiger partial charge on any atom is -0.478 e. The number of aromatic carboxylic acids is 1. The molecule has 2 aliphatic carbocycles. The van der Waals surface area contributed by atoms with Gasteiger partial charge < -0.3 is 5.11 Å². The summed E-state index contributed by atoms with van der Waals surface area (Å²) in [6, 6.07) is 26.2. The van der Waals surface area contributed by atoms with Crippen molar-refractivity contribution >= 4 is 29.0 Å². The first-order valence-electron chi connectivity index (χ1n) is 11.3. The molecule has 0 unspecified atom stereocenters. The van der Waals surface area contributed by atoms with Crippen LogP contribution in [-0.4, -0.2) is 22.9 Å². The molecule has 1 N–H and O–H groups in total. The summed E-state index contributed by atoms with van der Waals surface area (Å²) in [5, 5.41) is 9.16. The molecule has 2 fully saturated rings. The van der Waals surface area contributed by atoms with Crippen molar-refractivity contribution < 1.29 is 19.5 Å². The van der Waals surface area contributed by atoms with Crippen molar-refractivity contribution in [2.45, 2.75) is 0 Å². The van der Waals surface area contributed by atoms with E-state index in [0.717, 1.165) is 22.3 Å². The van der Waals surface area contributed by atoms with Crippen LogP contribution in [0.2, 0.25) is 0 Å². The van der Waals surface area contributed by atoms with Gasteiger partial charge in [-0.2, -0.15) is 0 Å². The number of amides is 2. The molecule has 1 heterocycles. The molecule has 34 heavy (non-hydrogen) atoms. The van der Waals surface area contributed by atoms with Gasteiger partial charge in [0, 0.05) is 11.8 Å². The number of carbonyl (C=O) groups excluding carboxylic acids is 2. The van der Waals surface area contributed by atoms with Gasteiger partial charge in [0.1, 0.15) is 0 Å². The zero-order chi connectivity index (χ0) is 23.4. The molecule has 5 nitrogen and oxygen atoms in total. The molecule has 0 radical (unpaired) electrons. The van der Waals surface area contributed by atoms with Crippen LogP contribution in [0.15, 0.2) is 103 Å². The van der Waals surface area contributed by atoms with E-state index in [1.807, 2.05) is 36.4 Å². The lowest BCUT2D eigenvalue weighted by Crippen LogP contribution is -2.33. The van der Waals surface area contributed by atoms with Crippen LogP contribution in [0.25, 0.3) is 5.57 Å². The van der Waals surface area contributed by atoms with Gasteiger partial charge in [0.05, 0.1) is 23.1 Å². The van der Waals surface area contributed by atoms with E-state index in [-0.39, 0.29) is 29.2 Å². The second-order valence-electron chi connectivity index (χ2n) is 8.91. The molecule has 5 heteroatoms. The van der Waals surface area contributed by atoms with Crippen LogP contribution in [0.5, 0.6) is 0 Å². The molecule has 166 valence electrons. The molecular weight excluding hydrogens is 426 g/mol. The minimum atomic E-state index is -1.05. The lowest BCUT2D eigenvalue weighted by molar-refractivity contribution is -0.122. The van der Waals surface area contributed by atoms with Crippen LogP contribution < -0.4 is 4.90 Å². The predicted octanol–water partition coefficient (Wildman–Crippen LogP) is 4.81. The first-order valence-corrected chi connectivity index (χ1v) is 11.3. The highest BCUT2D eigenvalue weighted by Crippen LogP contribution is 2.58. The predicted molar refractivity (Wildman–Crippen MR) is 128 cm³/mol. The van der Waals surface area contributed by atoms with Crippen molar-refractivity contribution in [2.24, 2.45) is 23.7 Å². The van der Waals surface area contributed by atoms with Gasteiger partial charge in [-0.05, 0) is 46.5 Å². The molecule has 0 aromatic heterocycles. The third-order valence-corrected chi connectivity index (χ3v) is 7.20. The van der Waals surface area contributed by atoms with Gasteiger partial charge in [0.15, 0.2) is 0 Å². The van der Waals surface area contributed by atoms with Crippen molar-refractivity contribution in [3.63, 3.8) is 0 Å². The highest BCUT2D eigenvalue weighted by atomic mass is 16.4. The summed E-state index contributed by atoms with van der Waals surface area (Å²) in [7, 11) is 0. The summed E-state index contributed by atoms with van der Waals surface area (Å²) in [6.07, 6.45) is 4.16. The Hall–Kier alpha value is -4.25. The lowest BCUT2D eigenvalue weighted by atomic mass is 9.85. The fourth-order valence-corrected chi connectivity index (χ4v) is 5.81. The number of imide groups is 1. The zero-order valence-electron chi connectivity index (χ0n) is 18.2. The number of carbonyl (C=O) groups is 3. The van der Waals surface area contributed by atoms with Gasteiger partial charge in [0.25, 0.3) is 0 Å². The molecular formula is C29H21NO4. The quantitative estimate of drug-likeness (QED) is 0.460. The van der Waals surface area contributed by atoms with Crippen LogP contribution >= 0.6 is 0 Å². The van der Waals surface area contributed by atoms with E-state index >= 15 is 0 Å². The van der Waals surface area contributed by atoms with E-state index < -0.39 is 17.8 Å². The SMILES string of the molecule is O=C(O)c1ccc(N2C(=O)[C@H]3[C@H](C2=O)[C@H]2C=C[C@H]3C2=C(c2ccccc2)c2ccccc2)cc1. The van der Waals surface area contributed by atoms with Crippen LogP contribution in [0.3, 0.4) is 0 Å². The molecule has 3 aromatic rings. The molecule has 2 amide bonds. The van der Waals surface area contributed by atoms with Crippen molar-refractivity contribution in [1.82, 2.24) is 0 Å². The van der Waals surface area contributed by atoms with Crippen LogP contribution in [0, 0.1) is 23.7 Å². The fourth-order valence-electron chi connectivity index (χ4n) is 5.81.